The molecule has 132 valence electrons. The highest BCUT2D eigenvalue weighted by Gasteiger charge is 2.41. The van der Waals surface area contributed by atoms with Gasteiger partial charge >= 0.3 is 0 Å². The molecule has 1 aromatic rings. The van der Waals surface area contributed by atoms with E-state index in [4.69, 9.17) is 11.6 Å². The monoisotopic (exact) mass is 370 g/mol. The van der Waals surface area contributed by atoms with Crippen LogP contribution in [-0.4, -0.2) is 37.0 Å². The fourth-order valence-electron chi connectivity index (χ4n) is 3.16. The Morgan fingerprint density at radius 1 is 1.21 bits per heavy atom. The van der Waals surface area contributed by atoms with Gasteiger partial charge in [-0.3, -0.25) is 4.79 Å². The normalized spacial score (nSPS) is 22.3. The lowest BCUT2D eigenvalue weighted by atomic mass is 9.94. The lowest BCUT2D eigenvalue weighted by Crippen LogP contribution is -2.41. The van der Waals surface area contributed by atoms with Crippen LogP contribution in [0.5, 0.6) is 0 Å². The maximum absolute atomic E-state index is 12.3. The Hall–Kier alpha value is -1.11. The second-order valence-electron chi connectivity index (χ2n) is 6.70. The molecule has 5 nitrogen and oxygen atoms in total. The summed E-state index contributed by atoms with van der Waals surface area (Å²) < 4.78 is 26.3. The fourth-order valence-corrected chi connectivity index (χ4v) is 5.24. The molecule has 7 heteroatoms. The Balaban J connectivity index is 1.47. The number of anilines is 1. The minimum Gasteiger partial charge on any atom is -0.326 e. The van der Waals surface area contributed by atoms with Crippen LogP contribution >= 0.6 is 11.6 Å². The zero-order valence-corrected chi connectivity index (χ0v) is 15.2. The Kier molecular flexibility index (Phi) is 5.47. The minimum atomic E-state index is -3.09. The second-order valence-corrected chi connectivity index (χ2v) is 9.35. The number of hydrogen-bond acceptors (Lipinski definition) is 3. The van der Waals surface area contributed by atoms with Gasteiger partial charge in [0.05, 0.1) is 5.25 Å². The van der Waals surface area contributed by atoms with Crippen LogP contribution in [0.2, 0.25) is 5.02 Å². The van der Waals surface area contributed by atoms with E-state index < -0.39 is 10.0 Å². The summed E-state index contributed by atoms with van der Waals surface area (Å²) in [7, 11) is -3.09. The summed E-state index contributed by atoms with van der Waals surface area (Å²) in [6.45, 7) is 1.19. The SMILES string of the molecule is O=C(CC[C@@H]1CCCN(S(=O)(=O)C2CC2)C1)Nc1ccc(Cl)cc1. The summed E-state index contributed by atoms with van der Waals surface area (Å²) >= 11 is 5.82. The van der Waals surface area contributed by atoms with Crippen molar-refractivity contribution in [2.45, 2.75) is 43.8 Å². The molecule has 1 saturated carbocycles. The number of piperidine rings is 1. The van der Waals surface area contributed by atoms with Gasteiger partial charge in [0, 0.05) is 30.2 Å². The average Bonchev–Trinajstić information content (AvgIpc) is 3.41. The highest BCUT2D eigenvalue weighted by Crippen LogP contribution is 2.34. The van der Waals surface area contributed by atoms with Crippen molar-refractivity contribution in [3.05, 3.63) is 29.3 Å². The maximum Gasteiger partial charge on any atom is 0.224 e. The molecule has 1 saturated heterocycles. The molecule has 1 aliphatic heterocycles. The molecule has 1 aliphatic carbocycles. The number of carbonyl (C=O) groups is 1. The van der Waals surface area contributed by atoms with E-state index in [2.05, 4.69) is 5.32 Å². The largest absolute Gasteiger partial charge is 0.326 e. The standard InChI is InChI=1S/C17H23ClN2O3S/c18-14-4-6-15(7-5-14)19-17(21)10-3-13-2-1-11-20(12-13)24(22,23)16-8-9-16/h4-7,13,16H,1-3,8-12H2,(H,19,21)/t13-/m0/s1. The smallest absolute Gasteiger partial charge is 0.224 e. The molecule has 0 aromatic heterocycles. The molecule has 2 fully saturated rings. The molecule has 0 radical (unpaired) electrons. The molecule has 1 N–H and O–H groups in total. The van der Waals surface area contributed by atoms with E-state index in [0.717, 1.165) is 37.8 Å². The lowest BCUT2D eigenvalue weighted by molar-refractivity contribution is -0.116. The Labute approximate surface area is 148 Å². The fraction of sp³-hybridized carbons (Fsp3) is 0.588. The van der Waals surface area contributed by atoms with Gasteiger partial charge in [-0.1, -0.05) is 11.6 Å². The second kappa shape index (κ2) is 7.42. The molecule has 1 amide bonds. The number of hydrogen-bond donors (Lipinski definition) is 1. The predicted molar refractivity (Wildman–Crippen MR) is 95.6 cm³/mol. The van der Waals surface area contributed by atoms with Crippen LogP contribution in [0.1, 0.15) is 38.5 Å². The Morgan fingerprint density at radius 2 is 1.92 bits per heavy atom. The van der Waals surface area contributed by atoms with Crippen molar-refractivity contribution in [2.24, 2.45) is 5.92 Å². The summed E-state index contributed by atoms with van der Waals surface area (Å²) in [5, 5.41) is 3.33. The summed E-state index contributed by atoms with van der Waals surface area (Å²) in [5.41, 5.74) is 0.728. The van der Waals surface area contributed by atoms with Crippen LogP contribution in [0.4, 0.5) is 5.69 Å². The van der Waals surface area contributed by atoms with Gasteiger partial charge in [0.2, 0.25) is 15.9 Å². The number of nitrogens with one attached hydrogen (secondary N) is 1. The molecule has 1 heterocycles. The molecule has 3 rings (SSSR count). The number of amides is 1. The zero-order valence-electron chi connectivity index (χ0n) is 13.6. The third-order valence-electron chi connectivity index (χ3n) is 4.69. The van der Waals surface area contributed by atoms with E-state index >= 15 is 0 Å². The first kappa shape index (κ1) is 17.7. The molecule has 2 aliphatic rings. The number of sulfonamides is 1. The highest BCUT2D eigenvalue weighted by molar-refractivity contribution is 7.90. The Morgan fingerprint density at radius 3 is 2.58 bits per heavy atom. The van der Waals surface area contributed by atoms with Crippen molar-refractivity contribution < 1.29 is 13.2 Å². The van der Waals surface area contributed by atoms with E-state index in [-0.39, 0.29) is 17.1 Å². The van der Waals surface area contributed by atoms with E-state index in [9.17, 15) is 13.2 Å². The van der Waals surface area contributed by atoms with Gasteiger partial charge in [-0.15, -0.1) is 0 Å². The third-order valence-corrected chi connectivity index (χ3v) is 7.31. The van der Waals surface area contributed by atoms with Crippen molar-refractivity contribution in [3.8, 4) is 0 Å². The van der Waals surface area contributed by atoms with Gasteiger partial charge in [0.25, 0.3) is 0 Å². The number of rotatable bonds is 6. The number of halogens is 1. The van der Waals surface area contributed by atoms with Crippen molar-refractivity contribution in [1.82, 2.24) is 4.31 Å². The van der Waals surface area contributed by atoms with Crippen LogP contribution in [0.15, 0.2) is 24.3 Å². The van der Waals surface area contributed by atoms with Gasteiger partial charge in [0.15, 0.2) is 0 Å². The van der Waals surface area contributed by atoms with E-state index in [1.54, 1.807) is 28.6 Å². The maximum atomic E-state index is 12.3. The van der Waals surface area contributed by atoms with Gasteiger partial charge in [-0.2, -0.15) is 0 Å². The molecule has 0 unspecified atom stereocenters. The Bertz CT molecular complexity index is 686. The molecule has 24 heavy (non-hydrogen) atoms. The van der Waals surface area contributed by atoms with Gasteiger partial charge in [-0.25, -0.2) is 12.7 Å². The van der Waals surface area contributed by atoms with Crippen molar-refractivity contribution in [3.63, 3.8) is 0 Å². The summed E-state index contributed by atoms with van der Waals surface area (Å²) in [6.07, 6.45) is 4.60. The molecular formula is C17H23ClN2O3S. The first-order valence-corrected chi connectivity index (χ1v) is 10.4. The third kappa shape index (κ3) is 4.49. The minimum absolute atomic E-state index is 0.0421. The van der Waals surface area contributed by atoms with E-state index in [1.807, 2.05) is 0 Å². The molecule has 0 bridgehead atoms. The van der Waals surface area contributed by atoms with Gasteiger partial charge in [-0.05, 0) is 62.3 Å². The van der Waals surface area contributed by atoms with Crippen molar-refractivity contribution >= 4 is 33.2 Å². The zero-order chi connectivity index (χ0) is 17.2. The summed E-state index contributed by atoms with van der Waals surface area (Å²) in [4.78, 5) is 12.1. The highest BCUT2D eigenvalue weighted by atomic mass is 35.5. The van der Waals surface area contributed by atoms with Crippen LogP contribution < -0.4 is 5.32 Å². The summed E-state index contributed by atoms with van der Waals surface area (Å²) in [6, 6.07) is 7.01. The molecule has 0 spiro atoms. The molecule has 1 aromatic carbocycles. The van der Waals surface area contributed by atoms with E-state index in [0.29, 0.717) is 24.5 Å². The predicted octanol–water partition coefficient (Wildman–Crippen LogP) is 3.26. The van der Waals surface area contributed by atoms with Crippen molar-refractivity contribution in [2.75, 3.05) is 18.4 Å². The van der Waals surface area contributed by atoms with Gasteiger partial charge < -0.3 is 5.32 Å². The number of carbonyl (C=O) groups excluding carboxylic acids is 1. The quantitative estimate of drug-likeness (QED) is 0.835. The van der Waals surface area contributed by atoms with Crippen LogP contribution in [0.25, 0.3) is 0 Å². The van der Waals surface area contributed by atoms with Crippen LogP contribution in [-0.2, 0) is 14.8 Å². The number of nitrogens with zero attached hydrogens (tertiary/aromatic N) is 1. The van der Waals surface area contributed by atoms with Gasteiger partial charge in [0.1, 0.15) is 0 Å². The first-order valence-electron chi connectivity index (χ1n) is 8.49. The van der Waals surface area contributed by atoms with E-state index in [1.165, 1.54) is 0 Å². The first-order chi connectivity index (χ1) is 11.4. The summed E-state index contributed by atoms with van der Waals surface area (Å²) in [5.74, 6) is 0.225. The number of benzene rings is 1. The average molecular weight is 371 g/mol. The molecule has 1 atom stereocenters. The topological polar surface area (TPSA) is 66.5 Å². The van der Waals surface area contributed by atoms with Crippen LogP contribution in [0.3, 0.4) is 0 Å². The van der Waals surface area contributed by atoms with Crippen LogP contribution in [0, 0.1) is 5.92 Å². The molecular weight excluding hydrogens is 348 g/mol. The lowest BCUT2D eigenvalue weighted by Gasteiger charge is -2.32. The van der Waals surface area contributed by atoms with Crippen molar-refractivity contribution in [1.29, 1.82) is 0 Å².